The number of carbonyl (C=O) groups is 1. The zero-order valence-corrected chi connectivity index (χ0v) is 11.4. The van der Waals surface area contributed by atoms with Gasteiger partial charge >= 0.3 is 5.97 Å². The number of aliphatic carboxylic acids is 1. The molecule has 1 aromatic carbocycles. The molecule has 5 nitrogen and oxygen atoms in total. The van der Waals surface area contributed by atoms with Crippen molar-refractivity contribution in [2.45, 2.75) is 25.2 Å². The molecule has 0 fully saturated rings. The van der Waals surface area contributed by atoms with E-state index in [1.54, 1.807) is 26.0 Å². The van der Waals surface area contributed by atoms with Crippen molar-refractivity contribution in [3.05, 3.63) is 23.3 Å². The summed E-state index contributed by atoms with van der Waals surface area (Å²) in [5.41, 5.74) is 1.13. The fourth-order valence-corrected chi connectivity index (χ4v) is 3.59. The minimum atomic E-state index is -3.58. The molecule has 0 saturated heterocycles. The number of aryl methyl sites for hydroxylation is 2. The maximum atomic E-state index is 12.1. The van der Waals surface area contributed by atoms with Gasteiger partial charge in [-0.25, -0.2) is 8.42 Å². The molecule has 0 amide bonds. The second-order valence-corrected chi connectivity index (χ2v) is 6.10. The minimum Gasteiger partial charge on any atom is -0.497 e. The molecule has 0 heterocycles. The van der Waals surface area contributed by atoms with E-state index in [4.69, 9.17) is 9.84 Å². The quantitative estimate of drug-likeness (QED) is 0.879. The lowest BCUT2D eigenvalue weighted by Crippen LogP contribution is -2.13. The first-order valence-electron chi connectivity index (χ1n) is 5.37. The van der Waals surface area contributed by atoms with Crippen molar-refractivity contribution in [1.29, 1.82) is 0 Å². The summed E-state index contributed by atoms with van der Waals surface area (Å²) in [7, 11) is -2.07. The van der Waals surface area contributed by atoms with Crippen molar-refractivity contribution < 1.29 is 23.1 Å². The lowest BCUT2D eigenvalue weighted by Gasteiger charge is -2.12. The molecule has 0 atom stereocenters. The van der Waals surface area contributed by atoms with E-state index in [0.29, 0.717) is 16.9 Å². The lowest BCUT2D eigenvalue weighted by molar-refractivity contribution is -0.136. The molecule has 0 aliphatic heterocycles. The number of hydrogen-bond acceptors (Lipinski definition) is 4. The van der Waals surface area contributed by atoms with Crippen LogP contribution in [0.2, 0.25) is 0 Å². The van der Waals surface area contributed by atoms with Gasteiger partial charge < -0.3 is 9.84 Å². The van der Waals surface area contributed by atoms with Gasteiger partial charge in [-0.05, 0) is 37.1 Å². The molecule has 0 aliphatic rings. The van der Waals surface area contributed by atoms with Crippen molar-refractivity contribution in [2.24, 2.45) is 0 Å². The zero-order chi connectivity index (χ0) is 13.9. The van der Waals surface area contributed by atoms with Crippen molar-refractivity contribution in [3.63, 3.8) is 0 Å². The number of benzene rings is 1. The molecule has 6 heteroatoms. The van der Waals surface area contributed by atoms with Crippen LogP contribution in [-0.4, -0.2) is 32.4 Å². The molecular formula is C12H16O5S. The highest BCUT2D eigenvalue weighted by Crippen LogP contribution is 2.26. The smallest absolute Gasteiger partial charge is 0.304 e. The van der Waals surface area contributed by atoms with Crippen molar-refractivity contribution in [2.75, 3.05) is 12.9 Å². The molecule has 0 spiro atoms. The standard InChI is InChI=1S/C12H16O5S/c1-8-6-10(17-3)7-9(2)12(8)18(15,16)5-4-11(13)14/h6-7H,4-5H2,1-3H3,(H,13,14). The van der Waals surface area contributed by atoms with Gasteiger partial charge in [0.15, 0.2) is 9.84 Å². The first-order valence-corrected chi connectivity index (χ1v) is 7.03. The molecular weight excluding hydrogens is 256 g/mol. The number of hydrogen-bond donors (Lipinski definition) is 1. The highest BCUT2D eigenvalue weighted by molar-refractivity contribution is 7.91. The van der Waals surface area contributed by atoms with Crippen LogP contribution in [0.3, 0.4) is 0 Å². The van der Waals surface area contributed by atoms with Gasteiger partial charge in [-0.3, -0.25) is 4.79 Å². The van der Waals surface area contributed by atoms with Crippen LogP contribution in [-0.2, 0) is 14.6 Å². The second kappa shape index (κ2) is 5.39. The maximum Gasteiger partial charge on any atom is 0.304 e. The Morgan fingerprint density at radius 1 is 1.28 bits per heavy atom. The average molecular weight is 272 g/mol. The summed E-state index contributed by atoms with van der Waals surface area (Å²) in [6, 6.07) is 3.25. The van der Waals surface area contributed by atoms with E-state index in [-0.39, 0.29) is 4.90 Å². The van der Waals surface area contributed by atoms with Crippen LogP contribution in [0.1, 0.15) is 17.5 Å². The minimum absolute atomic E-state index is 0.199. The molecule has 0 aliphatic carbocycles. The first kappa shape index (κ1) is 14.5. The fraction of sp³-hybridized carbons (Fsp3) is 0.417. The van der Waals surface area contributed by atoms with E-state index in [1.165, 1.54) is 7.11 Å². The Hall–Kier alpha value is -1.56. The number of sulfone groups is 1. The van der Waals surface area contributed by atoms with Crippen LogP contribution in [0.15, 0.2) is 17.0 Å². The molecule has 1 rings (SSSR count). The van der Waals surface area contributed by atoms with E-state index in [1.807, 2.05) is 0 Å². The van der Waals surface area contributed by atoms with Crippen LogP contribution in [0.4, 0.5) is 0 Å². The number of carboxylic acid groups (broad SMARTS) is 1. The van der Waals surface area contributed by atoms with Gasteiger partial charge in [0.1, 0.15) is 5.75 Å². The molecule has 0 bridgehead atoms. The largest absolute Gasteiger partial charge is 0.497 e. The van der Waals surface area contributed by atoms with Crippen LogP contribution in [0.25, 0.3) is 0 Å². The van der Waals surface area contributed by atoms with Gasteiger partial charge in [0.05, 0.1) is 24.2 Å². The Morgan fingerprint density at radius 2 is 1.78 bits per heavy atom. The molecule has 0 unspecified atom stereocenters. The molecule has 0 aromatic heterocycles. The first-order chi connectivity index (χ1) is 8.27. The lowest BCUT2D eigenvalue weighted by atomic mass is 10.1. The Bertz CT molecular complexity index is 537. The van der Waals surface area contributed by atoms with Gasteiger partial charge in [0.25, 0.3) is 0 Å². The predicted molar refractivity (Wildman–Crippen MR) is 66.8 cm³/mol. The van der Waals surface area contributed by atoms with Crippen LogP contribution in [0, 0.1) is 13.8 Å². The van der Waals surface area contributed by atoms with E-state index in [2.05, 4.69) is 0 Å². The van der Waals surface area contributed by atoms with Crippen LogP contribution >= 0.6 is 0 Å². The monoisotopic (exact) mass is 272 g/mol. The van der Waals surface area contributed by atoms with Crippen molar-refractivity contribution in [1.82, 2.24) is 0 Å². The Labute approximate surface area is 106 Å². The van der Waals surface area contributed by atoms with Gasteiger partial charge in [0.2, 0.25) is 0 Å². The molecule has 1 aromatic rings. The Kier molecular flexibility index (Phi) is 4.34. The summed E-state index contributed by atoms with van der Waals surface area (Å²) < 4.78 is 29.2. The van der Waals surface area contributed by atoms with Crippen LogP contribution in [0.5, 0.6) is 5.75 Å². The predicted octanol–water partition coefficient (Wildman–Crippen LogP) is 1.56. The number of ether oxygens (including phenoxy) is 1. The van der Waals surface area contributed by atoms with Crippen molar-refractivity contribution >= 4 is 15.8 Å². The normalized spacial score (nSPS) is 11.3. The van der Waals surface area contributed by atoms with E-state index in [9.17, 15) is 13.2 Å². The molecule has 0 radical (unpaired) electrons. The average Bonchev–Trinajstić information content (AvgIpc) is 2.25. The number of carboxylic acids is 1. The highest BCUT2D eigenvalue weighted by Gasteiger charge is 2.21. The summed E-state index contributed by atoms with van der Waals surface area (Å²) in [6.07, 6.45) is -0.396. The summed E-state index contributed by atoms with van der Waals surface area (Å²) in [4.78, 5) is 10.7. The summed E-state index contributed by atoms with van der Waals surface area (Å²) in [6.45, 7) is 3.34. The summed E-state index contributed by atoms with van der Waals surface area (Å²) in [5.74, 6) is -0.930. The van der Waals surface area contributed by atoms with Gasteiger partial charge in [0, 0.05) is 0 Å². The van der Waals surface area contributed by atoms with Gasteiger partial charge in [-0.15, -0.1) is 0 Å². The molecule has 18 heavy (non-hydrogen) atoms. The third-order valence-electron chi connectivity index (χ3n) is 2.57. The highest BCUT2D eigenvalue weighted by atomic mass is 32.2. The molecule has 0 saturated carbocycles. The van der Waals surface area contributed by atoms with E-state index < -0.39 is 28.0 Å². The SMILES string of the molecule is COc1cc(C)c(S(=O)(=O)CCC(=O)O)c(C)c1. The van der Waals surface area contributed by atoms with E-state index in [0.717, 1.165) is 0 Å². The van der Waals surface area contributed by atoms with Crippen LogP contribution < -0.4 is 4.74 Å². The third kappa shape index (κ3) is 3.22. The van der Waals surface area contributed by atoms with Gasteiger partial charge in [-0.1, -0.05) is 0 Å². The maximum absolute atomic E-state index is 12.1. The number of rotatable bonds is 5. The number of methoxy groups -OCH3 is 1. The topological polar surface area (TPSA) is 80.7 Å². The summed E-state index contributed by atoms with van der Waals surface area (Å²) >= 11 is 0. The molecule has 100 valence electrons. The third-order valence-corrected chi connectivity index (χ3v) is 4.57. The van der Waals surface area contributed by atoms with E-state index >= 15 is 0 Å². The molecule has 1 N–H and O–H groups in total. The van der Waals surface area contributed by atoms with Crippen molar-refractivity contribution in [3.8, 4) is 5.75 Å². The fourth-order valence-electron chi connectivity index (χ4n) is 1.84. The summed E-state index contributed by atoms with van der Waals surface area (Å²) in [5, 5.41) is 8.56. The Morgan fingerprint density at radius 3 is 2.17 bits per heavy atom. The second-order valence-electron chi connectivity index (χ2n) is 4.05. The van der Waals surface area contributed by atoms with Gasteiger partial charge in [-0.2, -0.15) is 0 Å². The Balaban J connectivity index is 3.20. The zero-order valence-electron chi connectivity index (χ0n) is 10.6.